The predicted octanol–water partition coefficient (Wildman–Crippen LogP) is 0.777. The quantitative estimate of drug-likeness (QED) is 0.735. The number of nitrogens with zero attached hydrogens (tertiary/aromatic N) is 1. The first kappa shape index (κ1) is 12.8. The molecule has 2 aliphatic rings. The molecule has 1 saturated heterocycles. The molecule has 0 bridgehead atoms. The highest BCUT2D eigenvalue weighted by Crippen LogP contribution is 2.37. The van der Waals surface area contributed by atoms with E-state index in [2.05, 4.69) is 0 Å². The van der Waals surface area contributed by atoms with Gasteiger partial charge in [0.05, 0.1) is 13.2 Å². The van der Waals surface area contributed by atoms with Gasteiger partial charge < -0.3 is 19.1 Å². The Morgan fingerprint density at radius 2 is 1.94 bits per heavy atom. The van der Waals surface area contributed by atoms with Crippen molar-refractivity contribution in [1.29, 1.82) is 0 Å². The Morgan fingerprint density at radius 3 is 2.47 bits per heavy atom. The van der Waals surface area contributed by atoms with Gasteiger partial charge in [-0.2, -0.15) is 0 Å². The highest BCUT2D eigenvalue weighted by atomic mass is 16.7. The smallest absolute Gasteiger partial charge is 0.248 e. The van der Waals surface area contributed by atoms with Crippen LogP contribution in [-0.2, 0) is 19.0 Å². The third-order valence-corrected chi connectivity index (χ3v) is 3.74. The molecule has 2 fully saturated rings. The molecule has 0 aromatic heterocycles. The summed E-state index contributed by atoms with van der Waals surface area (Å²) in [6.07, 6.45) is 3.63. The molecule has 0 radical (unpaired) electrons. The normalized spacial score (nSPS) is 24.1. The van der Waals surface area contributed by atoms with Crippen LogP contribution in [0.1, 0.15) is 25.7 Å². The second-order valence-electron chi connectivity index (χ2n) is 4.78. The number of hydrogen-bond acceptors (Lipinski definition) is 4. The molecular weight excluding hydrogens is 222 g/mol. The Kier molecular flexibility index (Phi) is 4.01. The molecule has 1 heterocycles. The molecule has 98 valence electrons. The fourth-order valence-electron chi connectivity index (χ4n) is 2.64. The maximum Gasteiger partial charge on any atom is 0.248 e. The van der Waals surface area contributed by atoms with E-state index in [0.29, 0.717) is 13.2 Å². The zero-order valence-electron chi connectivity index (χ0n) is 10.6. The zero-order valence-corrected chi connectivity index (χ0v) is 10.6. The molecular formula is C12H21NO4. The van der Waals surface area contributed by atoms with Gasteiger partial charge in [0.25, 0.3) is 0 Å². The van der Waals surface area contributed by atoms with Gasteiger partial charge in [-0.15, -0.1) is 0 Å². The van der Waals surface area contributed by atoms with Crippen LogP contribution >= 0.6 is 0 Å². The van der Waals surface area contributed by atoms with E-state index in [9.17, 15) is 4.79 Å². The van der Waals surface area contributed by atoms with Crippen molar-refractivity contribution in [3.63, 3.8) is 0 Å². The summed E-state index contributed by atoms with van der Waals surface area (Å²) in [5, 5.41) is 0. The summed E-state index contributed by atoms with van der Waals surface area (Å²) in [6.45, 7) is 1.55. The van der Waals surface area contributed by atoms with Crippen LogP contribution in [0.15, 0.2) is 0 Å². The number of carbonyl (C=O) groups excluding carboxylic acids is 1. The lowest BCUT2D eigenvalue weighted by Crippen LogP contribution is -2.45. The number of ether oxygens (including phenoxy) is 3. The van der Waals surface area contributed by atoms with Gasteiger partial charge >= 0.3 is 0 Å². The van der Waals surface area contributed by atoms with Crippen LogP contribution in [0.4, 0.5) is 0 Å². The van der Waals surface area contributed by atoms with Crippen molar-refractivity contribution < 1.29 is 19.0 Å². The minimum absolute atomic E-state index is 0.0432. The van der Waals surface area contributed by atoms with Crippen molar-refractivity contribution in [3.8, 4) is 0 Å². The monoisotopic (exact) mass is 243 g/mol. The summed E-state index contributed by atoms with van der Waals surface area (Å²) in [7, 11) is 3.39. The van der Waals surface area contributed by atoms with E-state index in [0.717, 1.165) is 25.7 Å². The second-order valence-corrected chi connectivity index (χ2v) is 4.78. The third-order valence-electron chi connectivity index (χ3n) is 3.74. The molecule has 0 unspecified atom stereocenters. The van der Waals surface area contributed by atoms with Crippen LogP contribution in [0.25, 0.3) is 0 Å². The van der Waals surface area contributed by atoms with E-state index in [1.54, 1.807) is 12.0 Å². The summed E-state index contributed by atoms with van der Waals surface area (Å²) < 4.78 is 16.2. The van der Waals surface area contributed by atoms with Gasteiger partial charge in [0, 0.05) is 33.0 Å². The van der Waals surface area contributed by atoms with Crippen LogP contribution in [-0.4, -0.2) is 56.6 Å². The third kappa shape index (κ3) is 2.78. The minimum atomic E-state index is -0.346. The van der Waals surface area contributed by atoms with Gasteiger partial charge in [-0.25, -0.2) is 0 Å². The van der Waals surface area contributed by atoms with E-state index in [-0.39, 0.29) is 24.3 Å². The Morgan fingerprint density at radius 1 is 1.35 bits per heavy atom. The standard InChI is InChI=1S/C12H21NO4/c1-13(11(14)9-15-2)10-3-5-12(6-4-10)16-7-8-17-12/h10H,3-9H2,1-2H3. The van der Waals surface area contributed by atoms with Crippen molar-refractivity contribution in [3.05, 3.63) is 0 Å². The Hall–Kier alpha value is -0.650. The van der Waals surface area contributed by atoms with Crippen molar-refractivity contribution in [2.24, 2.45) is 0 Å². The van der Waals surface area contributed by atoms with Gasteiger partial charge in [0.15, 0.2) is 5.79 Å². The Labute approximate surface area is 102 Å². The lowest BCUT2D eigenvalue weighted by molar-refractivity contribution is -0.184. The minimum Gasteiger partial charge on any atom is -0.375 e. The average molecular weight is 243 g/mol. The highest BCUT2D eigenvalue weighted by molar-refractivity contribution is 5.77. The number of likely N-dealkylation sites (N-methyl/N-ethyl adjacent to an activating group) is 1. The Bertz CT molecular complexity index is 266. The van der Waals surface area contributed by atoms with Gasteiger partial charge in [0.1, 0.15) is 6.61 Å². The summed E-state index contributed by atoms with van der Waals surface area (Å²) in [5.41, 5.74) is 0. The molecule has 0 aromatic carbocycles. The summed E-state index contributed by atoms with van der Waals surface area (Å²) in [5.74, 6) is -0.302. The fraction of sp³-hybridized carbons (Fsp3) is 0.917. The molecule has 1 amide bonds. The largest absolute Gasteiger partial charge is 0.375 e. The van der Waals surface area contributed by atoms with E-state index < -0.39 is 0 Å². The predicted molar refractivity (Wildman–Crippen MR) is 61.5 cm³/mol. The van der Waals surface area contributed by atoms with Gasteiger partial charge in [-0.05, 0) is 12.8 Å². The topological polar surface area (TPSA) is 48.0 Å². The number of amides is 1. The molecule has 5 heteroatoms. The molecule has 0 aromatic rings. The molecule has 1 aliphatic carbocycles. The van der Waals surface area contributed by atoms with Crippen molar-refractivity contribution in [2.45, 2.75) is 37.5 Å². The van der Waals surface area contributed by atoms with Gasteiger partial charge in [-0.3, -0.25) is 4.79 Å². The van der Waals surface area contributed by atoms with Gasteiger partial charge in [0.2, 0.25) is 5.91 Å². The second kappa shape index (κ2) is 5.33. The van der Waals surface area contributed by atoms with Gasteiger partial charge in [-0.1, -0.05) is 0 Å². The lowest BCUT2D eigenvalue weighted by Gasteiger charge is -2.38. The molecule has 2 rings (SSSR count). The fourth-order valence-corrected chi connectivity index (χ4v) is 2.64. The van der Waals surface area contributed by atoms with E-state index in [1.165, 1.54) is 0 Å². The molecule has 0 N–H and O–H groups in total. The van der Waals surface area contributed by atoms with Crippen LogP contribution in [0.5, 0.6) is 0 Å². The summed E-state index contributed by atoms with van der Waals surface area (Å²) >= 11 is 0. The lowest BCUT2D eigenvalue weighted by atomic mass is 9.89. The molecule has 5 nitrogen and oxygen atoms in total. The average Bonchev–Trinajstić information content (AvgIpc) is 2.78. The number of rotatable bonds is 3. The highest BCUT2D eigenvalue weighted by Gasteiger charge is 2.41. The van der Waals surface area contributed by atoms with Crippen LogP contribution in [0.2, 0.25) is 0 Å². The van der Waals surface area contributed by atoms with Crippen molar-refractivity contribution in [1.82, 2.24) is 4.90 Å². The maximum absolute atomic E-state index is 11.7. The van der Waals surface area contributed by atoms with Crippen LogP contribution < -0.4 is 0 Å². The molecule has 1 saturated carbocycles. The number of hydrogen-bond donors (Lipinski definition) is 0. The van der Waals surface area contributed by atoms with Crippen molar-refractivity contribution in [2.75, 3.05) is 34.0 Å². The first-order valence-corrected chi connectivity index (χ1v) is 6.19. The van der Waals surface area contributed by atoms with Crippen LogP contribution in [0.3, 0.4) is 0 Å². The Balaban J connectivity index is 1.83. The van der Waals surface area contributed by atoms with Crippen LogP contribution in [0, 0.1) is 0 Å². The first-order valence-electron chi connectivity index (χ1n) is 6.19. The van der Waals surface area contributed by atoms with E-state index in [1.807, 2.05) is 7.05 Å². The molecule has 1 aliphatic heterocycles. The SMILES string of the molecule is COCC(=O)N(C)C1CCC2(CC1)OCCO2. The maximum atomic E-state index is 11.7. The molecule has 0 atom stereocenters. The summed E-state index contributed by atoms with van der Waals surface area (Å²) in [4.78, 5) is 13.5. The molecule has 1 spiro atoms. The first-order chi connectivity index (χ1) is 8.17. The number of carbonyl (C=O) groups is 1. The van der Waals surface area contributed by atoms with E-state index in [4.69, 9.17) is 14.2 Å². The summed E-state index contributed by atoms with van der Waals surface area (Å²) in [6, 6.07) is 0.288. The molecule has 17 heavy (non-hydrogen) atoms. The van der Waals surface area contributed by atoms with Crippen molar-refractivity contribution >= 4 is 5.91 Å². The van der Waals surface area contributed by atoms with E-state index >= 15 is 0 Å². The number of methoxy groups -OCH3 is 1. The zero-order chi connectivity index (χ0) is 12.3.